The average Bonchev–Trinajstić information content (AvgIpc) is 3.00. The lowest BCUT2D eigenvalue weighted by molar-refractivity contribution is 0.162. The van der Waals surface area contributed by atoms with Crippen LogP contribution in [0.15, 0.2) is 132 Å². The van der Waals surface area contributed by atoms with Crippen LogP contribution < -0.4 is 0 Å². The normalized spacial score (nSPS) is 5.20. The van der Waals surface area contributed by atoms with Crippen molar-refractivity contribution in [2.24, 2.45) is 0 Å². The van der Waals surface area contributed by atoms with E-state index in [4.69, 9.17) is 19.5 Å². The summed E-state index contributed by atoms with van der Waals surface area (Å²) in [5, 5.41) is 15.2. The molecule has 0 aromatic rings. The molecule has 35 heavy (non-hydrogen) atoms. The molecule has 0 rings (SSSR count). The second kappa shape index (κ2) is 338. The minimum Gasteiger partial charge on any atom is -0.394 e. The van der Waals surface area contributed by atoms with Crippen LogP contribution in [0.4, 0.5) is 0 Å². The summed E-state index contributed by atoms with van der Waals surface area (Å²) in [6.07, 6.45) is 0. The first-order chi connectivity index (χ1) is 16.9. The van der Waals surface area contributed by atoms with E-state index in [2.05, 4.69) is 136 Å². The monoisotopic (exact) mass is 528 g/mol. The Bertz CT molecular complexity index is 275. The molecule has 0 aliphatic heterocycles. The summed E-state index contributed by atoms with van der Waals surface area (Å²) in [6, 6.07) is 0. The summed E-state index contributed by atoms with van der Waals surface area (Å²) in [5.41, 5.74) is 0. The Labute approximate surface area is 221 Å². The van der Waals surface area contributed by atoms with E-state index < -0.39 is 10.4 Å². The highest BCUT2D eigenvalue weighted by Crippen LogP contribution is 1.74. The van der Waals surface area contributed by atoms with Crippen LogP contribution in [0, 0.1) is 0 Å². The minimum absolute atomic E-state index is 0.125. The Balaban J connectivity index is -0.0000000141. The smallest absolute Gasteiger partial charge is 0.394 e. The zero-order valence-corrected chi connectivity index (χ0v) is 24.2. The average molecular weight is 529 g/mol. The fourth-order valence-corrected chi connectivity index (χ4v) is 0.204. The summed E-state index contributed by atoms with van der Waals surface area (Å²) in [4.78, 5) is 0. The standard InChI is InChI=1S/C4H10O.C2H6O2.10C2H4.CH4O4S/c1-3-5-4-2;3-1-2-4;10*1-2;1-5-6(2,3)4/h3-4H2,1-2H3;3-4H,1-2H2;10*1-2H2;1H3,(H,2,3,4). The second-order valence-electron chi connectivity index (χ2n) is 1.82. The van der Waals surface area contributed by atoms with Crippen LogP contribution in [0.3, 0.4) is 0 Å². The Morgan fingerprint density at radius 2 is 0.629 bits per heavy atom. The second-order valence-corrected chi connectivity index (χ2v) is 3.01. The zero-order valence-electron chi connectivity index (χ0n) is 23.4. The molecule has 0 heterocycles. The Morgan fingerprint density at radius 1 is 0.514 bits per heavy atom. The van der Waals surface area contributed by atoms with Crippen molar-refractivity contribution < 1.29 is 32.1 Å². The van der Waals surface area contributed by atoms with Crippen molar-refractivity contribution in [3.05, 3.63) is 132 Å². The topological polar surface area (TPSA) is 113 Å². The molecule has 0 fully saturated rings. The Hall–Kier alpha value is -2.85. The maximum atomic E-state index is 9.33. The molecular formula is C27H60O7S. The van der Waals surface area contributed by atoms with E-state index in [9.17, 15) is 8.42 Å². The van der Waals surface area contributed by atoms with E-state index in [0.717, 1.165) is 20.3 Å². The first-order valence-corrected chi connectivity index (χ1v) is 10.6. The first-order valence-electron chi connectivity index (χ1n) is 9.21. The zero-order chi connectivity index (χ0) is 32.7. The van der Waals surface area contributed by atoms with Crippen molar-refractivity contribution in [1.82, 2.24) is 0 Å². The van der Waals surface area contributed by atoms with Gasteiger partial charge < -0.3 is 14.9 Å². The molecule has 0 aromatic carbocycles. The van der Waals surface area contributed by atoms with Gasteiger partial charge in [-0.1, -0.05) is 0 Å². The third kappa shape index (κ3) is 2670. The summed E-state index contributed by atoms with van der Waals surface area (Å²) < 4.78 is 34.5. The van der Waals surface area contributed by atoms with E-state index in [-0.39, 0.29) is 13.2 Å². The van der Waals surface area contributed by atoms with Crippen molar-refractivity contribution in [1.29, 1.82) is 0 Å². The van der Waals surface area contributed by atoms with Gasteiger partial charge in [-0.2, -0.15) is 8.42 Å². The quantitative estimate of drug-likeness (QED) is 0.256. The highest BCUT2D eigenvalue weighted by Gasteiger charge is 1.94. The number of ether oxygens (including phenoxy) is 1. The van der Waals surface area contributed by atoms with E-state index in [1.54, 1.807) is 0 Å². The van der Waals surface area contributed by atoms with E-state index in [0.29, 0.717) is 0 Å². The third-order valence-corrected chi connectivity index (χ3v) is 1.14. The van der Waals surface area contributed by atoms with Crippen molar-refractivity contribution in [3.8, 4) is 0 Å². The molecule has 3 N–H and O–H groups in total. The molecule has 0 unspecified atom stereocenters. The van der Waals surface area contributed by atoms with Crippen LogP contribution in [0.25, 0.3) is 0 Å². The van der Waals surface area contributed by atoms with Gasteiger partial charge in [-0.25, -0.2) is 0 Å². The van der Waals surface area contributed by atoms with Crippen molar-refractivity contribution >= 4 is 10.4 Å². The molecule has 0 saturated carbocycles. The van der Waals surface area contributed by atoms with E-state index in [1.807, 2.05) is 13.8 Å². The highest BCUT2D eigenvalue weighted by molar-refractivity contribution is 7.80. The first kappa shape index (κ1) is 85.1. The number of aliphatic hydroxyl groups excluding tert-OH is 2. The third-order valence-electron chi connectivity index (χ3n) is 0.719. The number of hydrogen-bond acceptors (Lipinski definition) is 6. The van der Waals surface area contributed by atoms with Crippen molar-refractivity contribution in [2.75, 3.05) is 33.5 Å². The molecule has 0 aliphatic rings. The molecule has 7 nitrogen and oxygen atoms in total. The fraction of sp³-hybridized carbons (Fsp3) is 0.259. The molecule has 0 amide bonds. The highest BCUT2D eigenvalue weighted by atomic mass is 32.3. The summed E-state index contributed by atoms with van der Waals surface area (Å²) in [7, 11) is -3.29. The lowest BCUT2D eigenvalue weighted by Gasteiger charge is -1.86. The summed E-state index contributed by atoms with van der Waals surface area (Å²) in [5.74, 6) is 0. The predicted octanol–water partition coefficient (Wildman–Crippen LogP) is 7.47. The maximum Gasteiger partial charge on any atom is 0.397 e. The Kier molecular flexibility index (Phi) is 822. The van der Waals surface area contributed by atoms with Gasteiger partial charge >= 0.3 is 10.4 Å². The van der Waals surface area contributed by atoms with Gasteiger partial charge in [0.2, 0.25) is 0 Å². The molecule has 0 bridgehead atoms. The van der Waals surface area contributed by atoms with Gasteiger partial charge in [0.1, 0.15) is 0 Å². The van der Waals surface area contributed by atoms with Gasteiger partial charge in [-0.15, -0.1) is 132 Å². The van der Waals surface area contributed by atoms with Crippen LogP contribution in [-0.2, 0) is 19.3 Å². The van der Waals surface area contributed by atoms with Gasteiger partial charge in [0.25, 0.3) is 0 Å². The molecule has 0 aliphatic carbocycles. The van der Waals surface area contributed by atoms with Gasteiger partial charge in [-0.3, -0.25) is 8.74 Å². The van der Waals surface area contributed by atoms with Gasteiger partial charge in [0, 0.05) is 13.2 Å². The maximum absolute atomic E-state index is 9.33. The molecule has 0 atom stereocenters. The number of hydrogen-bond donors (Lipinski definition) is 3. The van der Waals surface area contributed by atoms with Crippen molar-refractivity contribution in [3.63, 3.8) is 0 Å². The largest absolute Gasteiger partial charge is 0.397 e. The number of rotatable bonds is 4. The van der Waals surface area contributed by atoms with Crippen LogP contribution in [-0.4, -0.2) is 56.7 Å². The summed E-state index contributed by atoms with van der Waals surface area (Å²) >= 11 is 0. The van der Waals surface area contributed by atoms with Crippen LogP contribution in [0.2, 0.25) is 0 Å². The SMILES string of the molecule is C=C.C=C.C=C.C=C.C=C.C=C.C=C.C=C.C=C.C=C.CCOCC.COS(=O)(=O)O.OCCO. The minimum atomic E-state index is -4.16. The van der Waals surface area contributed by atoms with Crippen molar-refractivity contribution in [2.45, 2.75) is 13.8 Å². The van der Waals surface area contributed by atoms with E-state index in [1.165, 1.54) is 0 Å². The van der Waals surface area contributed by atoms with Gasteiger partial charge in [0.05, 0.1) is 20.3 Å². The van der Waals surface area contributed by atoms with Gasteiger partial charge in [-0.05, 0) is 13.8 Å². The van der Waals surface area contributed by atoms with Crippen LogP contribution >= 0.6 is 0 Å². The lowest BCUT2D eigenvalue weighted by Crippen LogP contribution is -1.96. The molecule has 0 aromatic heterocycles. The van der Waals surface area contributed by atoms with E-state index >= 15 is 0 Å². The lowest BCUT2D eigenvalue weighted by atomic mass is 10.8. The predicted molar refractivity (Wildman–Crippen MR) is 167 cm³/mol. The van der Waals surface area contributed by atoms with Crippen LogP contribution in [0.1, 0.15) is 13.8 Å². The number of aliphatic hydroxyl groups is 2. The molecule has 0 spiro atoms. The molecular weight excluding hydrogens is 468 g/mol. The van der Waals surface area contributed by atoms with Gasteiger partial charge in [0.15, 0.2) is 0 Å². The molecule has 216 valence electrons. The fourth-order valence-electron chi connectivity index (χ4n) is 0.204. The Morgan fingerprint density at radius 3 is 0.629 bits per heavy atom. The van der Waals surface area contributed by atoms with Crippen LogP contribution in [0.5, 0.6) is 0 Å². The molecule has 8 heteroatoms. The molecule has 0 radical (unpaired) electrons. The molecule has 0 saturated heterocycles. The summed E-state index contributed by atoms with van der Waals surface area (Å²) in [6.45, 7) is 65.4.